The van der Waals surface area contributed by atoms with Crippen LogP contribution in [0.15, 0.2) is 21.8 Å². The summed E-state index contributed by atoms with van der Waals surface area (Å²) in [4.78, 5) is 46.2. The third-order valence-corrected chi connectivity index (χ3v) is 5.05. The fourth-order valence-corrected chi connectivity index (χ4v) is 3.74. The fourth-order valence-electron chi connectivity index (χ4n) is 3.20. The minimum atomic E-state index is -1.29. The average molecular weight is 395 g/mol. The van der Waals surface area contributed by atoms with Crippen molar-refractivity contribution in [2.45, 2.75) is 24.9 Å². The van der Waals surface area contributed by atoms with Crippen LogP contribution in [0.2, 0.25) is 0 Å². The lowest BCUT2D eigenvalue weighted by molar-refractivity contribution is -0.155. The first-order valence-corrected chi connectivity index (χ1v) is 8.79. The smallest absolute Gasteiger partial charge is 0.352 e. The van der Waals surface area contributed by atoms with Gasteiger partial charge in [0.25, 0.3) is 11.8 Å². The van der Waals surface area contributed by atoms with Crippen LogP contribution in [-0.4, -0.2) is 69.4 Å². The number of anilines is 1. The lowest BCUT2D eigenvalue weighted by Crippen LogP contribution is -2.72. The van der Waals surface area contributed by atoms with E-state index in [4.69, 9.17) is 5.73 Å². The zero-order chi connectivity index (χ0) is 19.7. The number of rotatable bonds is 6. The van der Waals surface area contributed by atoms with E-state index in [9.17, 15) is 24.6 Å². The lowest BCUT2D eigenvalue weighted by Gasteiger charge is -2.50. The van der Waals surface area contributed by atoms with E-state index in [1.165, 1.54) is 12.5 Å². The van der Waals surface area contributed by atoms with Crippen molar-refractivity contribution in [2.24, 2.45) is 5.16 Å². The van der Waals surface area contributed by atoms with Gasteiger partial charge in [0.2, 0.25) is 0 Å². The molecule has 0 radical (unpaired) electrons. The molecule has 0 aliphatic carbocycles. The van der Waals surface area contributed by atoms with Gasteiger partial charge in [-0.05, 0) is 18.4 Å². The van der Waals surface area contributed by atoms with Gasteiger partial charge < -0.3 is 26.1 Å². The van der Waals surface area contributed by atoms with Crippen LogP contribution < -0.4 is 11.1 Å². The molecule has 2 unspecified atom stereocenters. The van der Waals surface area contributed by atoms with Gasteiger partial charge in [-0.1, -0.05) is 5.16 Å². The maximum Gasteiger partial charge on any atom is 0.352 e. The molecule has 0 saturated carbocycles. The number of β-lactam (4-membered cyclic amide) rings is 1. The average Bonchev–Trinajstić information content (AvgIpc) is 3.08. The number of aromatic nitrogens is 1. The number of carboxylic acid groups (broad SMARTS) is 1. The van der Waals surface area contributed by atoms with E-state index >= 15 is 0 Å². The first-order chi connectivity index (χ1) is 12.9. The highest BCUT2D eigenvalue weighted by Crippen LogP contribution is 2.36. The molecule has 0 spiro atoms. The number of hydrogen-bond acceptors (Lipinski definition) is 9. The number of nitrogens with one attached hydrogen (secondary N) is 1. The number of aliphatic hydroxyl groups is 1. The van der Waals surface area contributed by atoms with Crippen LogP contribution >= 0.6 is 11.3 Å². The predicted molar refractivity (Wildman–Crippen MR) is 93.6 cm³/mol. The number of nitrogens with two attached hydrogens (primary N) is 1. The van der Waals surface area contributed by atoms with E-state index in [-0.39, 0.29) is 27.8 Å². The molecule has 2 aliphatic heterocycles. The molecule has 1 fully saturated rings. The van der Waals surface area contributed by atoms with Crippen LogP contribution in [0.25, 0.3) is 0 Å². The van der Waals surface area contributed by atoms with Gasteiger partial charge in [0.1, 0.15) is 24.5 Å². The van der Waals surface area contributed by atoms with Crippen LogP contribution in [0.4, 0.5) is 5.13 Å². The first kappa shape index (κ1) is 18.8. The molecule has 5 N–H and O–H groups in total. The number of aliphatic hydroxyl groups excluding tert-OH is 1. The quantitative estimate of drug-likeness (QED) is 0.267. The Balaban J connectivity index is 1.79. The number of thiazole rings is 1. The summed E-state index contributed by atoms with van der Waals surface area (Å²) in [6, 6.07) is -1.41. The monoisotopic (exact) mass is 395 g/mol. The first-order valence-electron chi connectivity index (χ1n) is 7.91. The van der Waals surface area contributed by atoms with Crippen LogP contribution in [0.3, 0.4) is 0 Å². The summed E-state index contributed by atoms with van der Waals surface area (Å²) in [5.74, 6) is -2.54. The SMILES string of the molecule is CON=C(C(=O)NC1C(=O)N2C(C(=O)O)=C(CO)CCC12)c1csc(N)n1. The van der Waals surface area contributed by atoms with E-state index < -0.39 is 36.5 Å². The Kier molecular flexibility index (Phi) is 5.10. The van der Waals surface area contributed by atoms with Crippen molar-refractivity contribution in [1.82, 2.24) is 15.2 Å². The Morgan fingerprint density at radius 3 is 2.85 bits per heavy atom. The summed E-state index contributed by atoms with van der Waals surface area (Å²) in [5, 5.41) is 26.6. The molecule has 2 atom stereocenters. The number of carbonyl (C=O) groups is 3. The third kappa shape index (κ3) is 3.24. The van der Waals surface area contributed by atoms with Crippen molar-refractivity contribution < 1.29 is 29.4 Å². The van der Waals surface area contributed by atoms with Crippen molar-refractivity contribution in [3.05, 3.63) is 22.3 Å². The number of nitrogen functional groups attached to an aromatic ring is 1. The maximum absolute atomic E-state index is 12.6. The van der Waals surface area contributed by atoms with Gasteiger partial charge in [0.05, 0.1) is 12.6 Å². The van der Waals surface area contributed by atoms with Crippen molar-refractivity contribution in [2.75, 3.05) is 19.5 Å². The lowest BCUT2D eigenvalue weighted by atomic mass is 9.83. The van der Waals surface area contributed by atoms with Crippen LogP contribution in [0.5, 0.6) is 0 Å². The molecule has 1 aromatic rings. The second-order valence-corrected chi connectivity index (χ2v) is 6.76. The number of oxime groups is 1. The topological polar surface area (TPSA) is 167 Å². The summed E-state index contributed by atoms with van der Waals surface area (Å²) in [6.45, 7) is -0.439. The molecule has 144 valence electrons. The molecule has 11 nitrogen and oxygen atoms in total. The summed E-state index contributed by atoms with van der Waals surface area (Å²) < 4.78 is 0. The molecule has 1 aromatic heterocycles. The molecule has 0 bridgehead atoms. The molecule has 12 heteroatoms. The van der Waals surface area contributed by atoms with Crippen molar-refractivity contribution in [1.29, 1.82) is 0 Å². The maximum atomic E-state index is 12.6. The molecular formula is C15H17N5O6S. The van der Waals surface area contributed by atoms with Gasteiger partial charge in [0.15, 0.2) is 10.8 Å². The second kappa shape index (κ2) is 7.32. The highest BCUT2D eigenvalue weighted by molar-refractivity contribution is 7.13. The number of nitrogens with zero attached hydrogens (tertiary/aromatic N) is 3. The number of fused-ring (bicyclic) bond motifs is 1. The number of aliphatic carboxylic acids is 1. The van der Waals surface area contributed by atoms with Gasteiger partial charge in [-0.25, -0.2) is 9.78 Å². The van der Waals surface area contributed by atoms with E-state index in [1.54, 1.807) is 0 Å². The third-order valence-electron chi connectivity index (χ3n) is 4.38. The van der Waals surface area contributed by atoms with Gasteiger partial charge in [0, 0.05) is 5.38 Å². The molecular weight excluding hydrogens is 378 g/mol. The Bertz CT molecular complexity index is 863. The van der Waals surface area contributed by atoms with E-state index in [0.717, 1.165) is 16.2 Å². The highest BCUT2D eigenvalue weighted by Gasteiger charge is 2.53. The zero-order valence-electron chi connectivity index (χ0n) is 14.2. The molecule has 1 saturated heterocycles. The van der Waals surface area contributed by atoms with Gasteiger partial charge >= 0.3 is 5.97 Å². The number of carbonyl (C=O) groups excluding carboxylic acids is 2. The van der Waals surface area contributed by atoms with E-state index in [0.29, 0.717) is 12.8 Å². The van der Waals surface area contributed by atoms with Crippen molar-refractivity contribution in [3.8, 4) is 0 Å². The summed E-state index contributed by atoms with van der Waals surface area (Å²) in [7, 11) is 1.26. The van der Waals surface area contributed by atoms with E-state index in [2.05, 4.69) is 20.3 Å². The molecule has 27 heavy (non-hydrogen) atoms. The largest absolute Gasteiger partial charge is 0.477 e. The summed E-state index contributed by atoms with van der Waals surface area (Å²) >= 11 is 1.12. The fraction of sp³-hybridized carbons (Fsp3) is 0.400. The Morgan fingerprint density at radius 1 is 1.56 bits per heavy atom. The number of hydrogen-bond donors (Lipinski definition) is 4. The zero-order valence-corrected chi connectivity index (χ0v) is 15.0. The molecule has 3 heterocycles. The van der Waals surface area contributed by atoms with Gasteiger partial charge in [-0.15, -0.1) is 11.3 Å². The molecule has 2 amide bonds. The van der Waals surface area contributed by atoms with E-state index in [1.807, 2.05) is 0 Å². The number of carboxylic acids is 1. The summed E-state index contributed by atoms with van der Waals surface area (Å²) in [5.41, 5.74) is 5.70. The predicted octanol–water partition coefficient (Wildman–Crippen LogP) is -1.10. The normalized spacial score (nSPS) is 22.2. The molecule has 2 aliphatic rings. The van der Waals surface area contributed by atoms with Crippen LogP contribution in [0, 0.1) is 0 Å². The Morgan fingerprint density at radius 2 is 2.30 bits per heavy atom. The summed E-state index contributed by atoms with van der Waals surface area (Å²) in [6.07, 6.45) is 0.740. The van der Waals surface area contributed by atoms with Gasteiger partial charge in [-0.2, -0.15) is 0 Å². The van der Waals surface area contributed by atoms with Crippen molar-refractivity contribution >= 4 is 40.0 Å². The molecule has 3 rings (SSSR count). The second-order valence-electron chi connectivity index (χ2n) is 5.87. The number of amides is 2. The van der Waals surface area contributed by atoms with Crippen LogP contribution in [0.1, 0.15) is 18.5 Å². The van der Waals surface area contributed by atoms with Crippen LogP contribution in [-0.2, 0) is 19.2 Å². The van der Waals surface area contributed by atoms with Gasteiger partial charge in [-0.3, -0.25) is 14.5 Å². The van der Waals surface area contributed by atoms with Crippen molar-refractivity contribution in [3.63, 3.8) is 0 Å². The minimum Gasteiger partial charge on any atom is -0.477 e. The Labute approximate surface area is 157 Å². The Hall–Kier alpha value is -2.99. The standard InChI is InChI=1S/C15H17N5O6S/c1-26-19-9(7-5-27-15(16)17-7)12(22)18-10-8-3-2-6(4-21)11(14(24)25)20(8)13(10)23/h5,8,10,21H,2-4H2,1H3,(H2,16,17)(H,18,22)(H,24,25). The minimum absolute atomic E-state index is 0.141. The molecule has 0 aromatic carbocycles. The highest BCUT2D eigenvalue weighted by atomic mass is 32.1.